The molecule has 2 aliphatic rings. The minimum Gasteiger partial charge on any atom is -0.491 e. The average molecular weight is 426 g/mol. The zero-order chi connectivity index (χ0) is 21.1. The first kappa shape index (κ1) is 21.7. The van der Waals surface area contributed by atoms with Gasteiger partial charge in [0.1, 0.15) is 32.3 Å². The van der Waals surface area contributed by atoms with Gasteiger partial charge in [-0.05, 0) is 23.3 Å². The van der Waals surface area contributed by atoms with E-state index in [4.69, 9.17) is 9.47 Å². The number of hydrazine groups is 1. The molecule has 1 atom stereocenters. The van der Waals surface area contributed by atoms with Crippen LogP contribution in [0.4, 0.5) is 26.3 Å². The van der Waals surface area contributed by atoms with Crippen LogP contribution in [0.2, 0.25) is 0 Å². The normalized spacial score (nSPS) is 20.1. The molecule has 1 unspecified atom stereocenters. The third-order valence-electron chi connectivity index (χ3n) is 4.33. The summed E-state index contributed by atoms with van der Waals surface area (Å²) >= 11 is 0. The lowest BCUT2D eigenvalue weighted by Crippen LogP contribution is -2.48. The Hall–Kier alpha value is -1.98. The maximum Gasteiger partial charge on any atom is 0.411 e. The van der Waals surface area contributed by atoms with Crippen LogP contribution < -0.4 is 4.74 Å². The van der Waals surface area contributed by atoms with E-state index in [2.05, 4.69) is 4.74 Å². The van der Waals surface area contributed by atoms with Crippen molar-refractivity contribution in [1.82, 2.24) is 10.0 Å². The van der Waals surface area contributed by atoms with E-state index in [9.17, 15) is 26.3 Å². The molecule has 3 rings (SSSR count). The van der Waals surface area contributed by atoms with Crippen molar-refractivity contribution >= 4 is 0 Å². The Morgan fingerprint density at radius 2 is 1.76 bits per heavy atom. The Bertz CT molecular complexity index is 723. The zero-order valence-corrected chi connectivity index (χ0v) is 15.3. The standard InChI is InChI=1S/C18H20F6N2O3/c19-17(20,21)10-27-8-13-2-3-16-14(6-13)7-15(9-29-16)26-5-1-4-25(26)12-28-11-18(22,23)24/h1-3,5-6,15H,4,7-12H2. The third kappa shape index (κ3) is 6.51. The lowest BCUT2D eigenvalue weighted by atomic mass is 10.00. The van der Waals surface area contributed by atoms with Gasteiger partial charge in [0.2, 0.25) is 0 Å². The lowest BCUT2D eigenvalue weighted by molar-refractivity contribution is -0.195. The molecule has 0 saturated carbocycles. The number of nitrogens with zero attached hydrogens (tertiary/aromatic N) is 2. The van der Waals surface area contributed by atoms with Gasteiger partial charge in [0, 0.05) is 19.2 Å². The van der Waals surface area contributed by atoms with E-state index in [0.717, 1.165) is 5.56 Å². The smallest absolute Gasteiger partial charge is 0.411 e. The van der Waals surface area contributed by atoms with Crippen molar-refractivity contribution in [2.45, 2.75) is 31.4 Å². The highest BCUT2D eigenvalue weighted by atomic mass is 19.4. The van der Waals surface area contributed by atoms with Gasteiger partial charge in [0.15, 0.2) is 0 Å². The van der Waals surface area contributed by atoms with Gasteiger partial charge in [-0.25, -0.2) is 0 Å². The van der Waals surface area contributed by atoms with Gasteiger partial charge in [-0.15, -0.1) is 0 Å². The molecule has 29 heavy (non-hydrogen) atoms. The van der Waals surface area contributed by atoms with Crippen molar-refractivity contribution in [3.05, 3.63) is 41.6 Å². The van der Waals surface area contributed by atoms with Crippen LogP contribution in [0.3, 0.4) is 0 Å². The Balaban J connectivity index is 1.57. The lowest BCUT2D eigenvalue weighted by Gasteiger charge is -2.38. The molecule has 162 valence electrons. The van der Waals surface area contributed by atoms with Crippen molar-refractivity contribution in [2.24, 2.45) is 0 Å². The summed E-state index contributed by atoms with van der Waals surface area (Å²) in [6, 6.07) is 4.87. The van der Waals surface area contributed by atoms with E-state index < -0.39 is 25.6 Å². The van der Waals surface area contributed by atoms with E-state index in [1.54, 1.807) is 40.5 Å². The topological polar surface area (TPSA) is 34.2 Å². The maximum atomic E-state index is 12.3. The van der Waals surface area contributed by atoms with Crippen molar-refractivity contribution in [1.29, 1.82) is 0 Å². The number of rotatable bonds is 7. The Labute approximate surface area is 163 Å². The molecule has 0 radical (unpaired) electrons. The summed E-state index contributed by atoms with van der Waals surface area (Å²) < 4.78 is 88.6. The number of halogens is 6. The quantitative estimate of drug-likeness (QED) is 0.622. The summed E-state index contributed by atoms with van der Waals surface area (Å²) in [5.74, 6) is 0.629. The van der Waals surface area contributed by atoms with Crippen molar-refractivity contribution < 1.29 is 40.6 Å². The van der Waals surface area contributed by atoms with Crippen molar-refractivity contribution in [3.8, 4) is 5.75 Å². The summed E-state index contributed by atoms with van der Waals surface area (Å²) in [6.45, 7) is -2.33. The molecule has 0 fully saturated rings. The molecule has 0 saturated heterocycles. The monoisotopic (exact) mass is 426 g/mol. The summed E-state index contributed by atoms with van der Waals surface area (Å²) in [5.41, 5.74) is 1.38. The van der Waals surface area contributed by atoms with Crippen LogP contribution in [0.5, 0.6) is 5.75 Å². The first-order valence-electron chi connectivity index (χ1n) is 8.84. The third-order valence-corrected chi connectivity index (χ3v) is 4.33. The first-order chi connectivity index (χ1) is 13.6. The summed E-state index contributed by atoms with van der Waals surface area (Å²) in [7, 11) is 0. The van der Waals surface area contributed by atoms with Gasteiger partial charge in [-0.3, -0.25) is 0 Å². The molecule has 0 amide bonds. The molecule has 0 bridgehead atoms. The van der Waals surface area contributed by atoms with Crippen molar-refractivity contribution in [3.63, 3.8) is 0 Å². The molecule has 0 spiro atoms. The van der Waals surface area contributed by atoms with Crippen LogP contribution in [-0.4, -0.2) is 61.5 Å². The van der Waals surface area contributed by atoms with E-state index in [1.165, 1.54) is 0 Å². The predicted molar refractivity (Wildman–Crippen MR) is 89.7 cm³/mol. The SMILES string of the molecule is FC(F)(F)COCc1ccc2c(c1)CC(N1C=CCN1COCC(F)(F)F)CO2. The van der Waals surface area contributed by atoms with Crippen LogP contribution in [0.15, 0.2) is 30.5 Å². The number of alkyl halides is 6. The average Bonchev–Trinajstić information content (AvgIpc) is 3.07. The van der Waals surface area contributed by atoms with E-state index >= 15 is 0 Å². The fraction of sp³-hybridized carbons (Fsp3) is 0.556. The van der Waals surface area contributed by atoms with E-state index in [0.29, 0.717) is 30.9 Å². The number of hydrogen-bond acceptors (Lipinski definition) is 5. The minimum atomic E-state index is -4.39. The predicted octanol–water partition coefficient (Wildman–Crippen LogP) is 3.65. The maximum absolute atomic E-state index is 12.3. The summed E-state index contributed by atoms with van der Waals surface area (Å²) in [6.07, 6.45) is -4.71. The second-order valence-electron chi connectivity index (χ2n) is 6.77. The van der Waals surface area contributed by atoms with Gasteiger partial charge in [0.25, 0.3) is 0 Å². The molecule has 0 aliphatic carbocycles. The summed E-state index contributed by atoms with van der Waals surface area (Å²) in [5, 5.41) is 3.40. The highest BCUT2D eigenvalue weighted by Gasteiger charge is 2.32. The van der Waals surface area contributed by atoms with Crippen LogP contribution in [0.1, 0.15) is 11.1 Å². The molecule has 11 heteroatoms. The van der Waals surface area contributed by atoms with Gasteiger partial charge in [0.05, 0.1) is 12.6 Å². The first-order valence-corrected chi connectivity index (χ1v) is 8.84. The molecule has 1 aromatic rings. The molecule has 0 aromatic heterocycles. The highest BCUT2D eigenvalue weighted by molar-refractivity contribution is 5.39. The van der Waals surface area contributed by atoms with Crippen LogP contribution in [0, 0.1) is 0 Å². The number of hydrogen-bond donors (Lipinski definition) is 0. The van der Waals surface area contributed by atoms with Crippen LogP contribution >= 0.6 is 0 Å². The molecular weight excluding hydrogens is 406 g/mol. The molecule has 2 aliphatic heterocycles. The van der Waals surface area contributed by atoms with Crippen LogP contribution in [-0.2, 0) is 22.5 Å². The zero-order valence-electron chi connectivity index (χ0n) is 15.3. The Kier molecular flexibility index (Phi) is 6.59. The Morgan fingerprint density at radius 1 is 1.03 bits per heavy atom. The molecule has 1 aromatic carbocycles. The number of benzene rings is 1. The fourth-order valence-electron chi connectivity index (χ4n) is 3.18. The second kappa shape index (κ2) is 8.80. The number of ether oxygens (including phenoxy) is 3. The number of fused-ring (bicyclic) bond motifs is 1. The highest BCUT2D eigenvalue weighted by Crippen LogP contribution is 2.30. The van der Waals surface area contributed by atoms with Gasteiger partial charge < -0.3 is 19.2 Å². The molecule has 0 N–H and O–H groups in total. The molecule has 2 heterocycles. The largest absolute Gasteiger partial charge is 0.491 e. The van der Waals surface area contributed by atoms with Gasteiger partial charge in [-0.1, -0.05) is 12.1 Å². The summed E-state index contributed by atoms with van der Waals surface area (Å²) in [4.78, 5) is 0. The van der Waals surface area contributed by atoms with Gasteiger partial charge >= 0.3 is 12.4 Å². The molecule has 5 nitrogen and oxygen atoms in total. The van der Waals surface area contributed by atoms with Crippen LogP contribution in [0.25, 0.3) is 0 Å². The van der Waals surface area contributed by atoms with E-state index in [1.807, 2.05) is 0 Å². The molecular formula is C18H20F6N2O3. The second-order valence-corrected chi connectivity index (χ2v) is 6.77. The Morgan fingerprint density at radius 3 is 2.48 bits per heavy atom. The van der Waals surface area contributed by atoms with Crippen molar-refractivity contribution in [2.75, 3.05) is 33.1 Å². The minimum absolute atomic E-state index is 0.179. The fourth-order valence-corrected chi connectivity index (χ4v) is 3.18. The van der Waals surface area contributed by atoms with Gasteiger partial charge in [-0.2, -0.15) is 31.4 Å². The van der Waals surface area contributed by atoms with E-state index in [-0.39, 0.29) is 19.4 Å².